The molecule has 10 heteroatoms. The third-order valence-electron chi connectivity index (χ3n) is 4.58. The summed E-state index contributed by atoms with van der Waals surface area (Å²) in [6.45, 7) is 8.07. The Hall–Kier alpha value is -3.24. The Bertz CT molecular complexity index is 913. The molecule has 0 bridgehead atoms. The van der Waals surface area contributed by atoms with Crippen LogP contribution in [0, 0.1) is 0 Å². The molecule has 1 aliphatic heterocycles. The quantitative estimate of drug-likeness (QED) is 0.580. The van der Waals surface area contributed by atoms with Gasteiger partial charge in [-0.1, -0.05) is 0 Å². The highest BCUT2D eigenvalue weighted by Gasteiger charge is 2.15. The number of nitrogens with zero attached hydrogens (tertiary/aromatic N) is 3. The van der Waals surface area contributed by atoms with Gasteiger partial charge in [0, 0.05) is 38.0 Å². The van der Waals surface area contributed by atoms with Crippen LogP contribution in [0.3, 0.4) is 0 Å². The van der Waals surface area contributed by atoms with Gasteiger partial charge in [0.15, 0.2) is 0 Å². The number of ether oxygens (including phenoxy) is 4. The third kappa shape index (κ3) is 6.89. The molecule has 2 aromatic heterocycles. The van der Waals surface area contributed by atoms with Gasteiger partial charge in [0.2, 0.25) is 11.8 Å². The lowest BCUT2D eigenvalue weighted by Gasteiger charge is -2.26. The molecule has 0 aromatic carbocycles. The van der Waals surface area contributed by atoms with Gasteiger partial charge in [0.25, 0.3) is 5.91 Å². The van der Waals surface area contributed by atoms with Crippen molar-refractivity contribution in [2.45, 2.75) is 20.0 Å². The summed E-state index contributed by atoms with van der Waals surface area (Å²) >= 11 is 0. The molecule has 1 aliphatic rings. The van der Waals surface area contributed by atoms with Gasteiger partial charge >= 0.3 is 5.97 Å². The van der Waals surface area contributed by atoms with E-state index in [1.165, 1.54) is 25.4 Å². The van der Waals surface area contributed by atoms with Gasteiger partial charge in [0.05, 0.1) is 37.6 Å². The Kier molecular flexibility index (Phi) is 8.34. The minimum absolute atomic E-state index is 0.116. The molecule has 0 aliphatic carbocycles. The number of hydrogen-bond acceptors (Lipinski definition) is 9. The van der Waals surface area contributed by atoms with Crippen LogP contribution in [0.25, 0.3) is 0 Å². The molecule has 0 saturated carbocycles. The first-order chi connectivity index (χ1) is 15.4. The number of pyridine rings is 2. The van der Waals surface area contributed by atoms with Crippen molar-refractivity contribution in [3.8, 4) is 11.8 Å². The minimum Gasteiger partial charge on any atom is -0.476 e. The van der Waals surface area contributed by atoms with Crippen LogP contribution >= 0.6 is 0 Å². The maximum Gasteiger partial charge on any atom is 0.339 e. The molecule has 1 saturated heterocycles. The molecular formula is C22H28N4O6. The van der Waals surface area contributed by atoms with Crippen LogP contribution in [-0.2, 0) is 9.47 Å². The van der Waals surface area contributed by atoms with Gasteiger partial charge in [0.1, 0.15) is 12.4 Å². The number of hydrogen-bond donors (Lipinski definition) is 1. The first kappa shape index (κ1) is 23.4. The lowest BCUT2D eigenvalue weighted by molar-refractivity contribution is 0.0319. The van der Waals surface area contributed by atoms with Crippen LogP contribution in [0.2, 0.25) is 0 Å². The number of rotatable bonds is 9. The van der Waals surface area contributed by atoms with Crippen molar-refractivity contribution in [3.63, 3.8) is 0 Å². The maximum atomic E-state index is 12.8. The van der Waals surface area contributed by atoms with Crippen LogP contribution in [0.5, 0.6) is 11.8 Å². The smallest absolute Gasteiger partial charge is 0.339 e. The van der Waals surface area contributed by atoms with Gasteiger partial charge in [-0.2, -0.15) is 4.98 Å². The minimum atomic E-state index is -0.501. The fourth-order valence-electron chi connectivity index (χ4n) is 2.99. The predicted molar refractivity (Wildman–Crippen MR) is 116 cm³/mol. The molecular weight excluding hydrogens is 416 g/mol. The number of amides is 1. The zero-order valence-electron chi connectivity index (χ0n) is 18.5. The van der Waals surface area contributed by atoms with Crippen molar-refractivity contribution < 1.29 is 28.5 Å². The van der Waals surface area contributed by atoms with Crippen LogP contribution in [0.4, 0.5) is 5.82 Å². The van der Waals surface area contributed by atoms with Gasteiger partial charge in [-0.15, -0.1) is 0 Å². The van der Waals surface area contributed by atoms with Gasteiger partial charge in [-0.3, -0.25) is 9.69 Å². The highest BCUT2D eigenvalue weighted by Crippen LogP contribution is 2.20. The van der Waals surface area contributed by atoms with Crippen molar-refractivity contribution in [2.24, 2.45) is 0 Å². The van der Waals surface area contributed by atoms with E-state index < -0.39 is 11.9 Å². The van der Waals surface area contributed by atoms with E-state index >= 15 is 0 Å². The Labute approximate surface area is 186 Å². The molecule has 1 amide bonds. The van der Waals surface area contributed by atoms with E-state index in [-0.39, 0.29) is 11.7 Å². The summed E-state index contributed by atoms with van der Waals surface area (Å²) in [5.74, 6) is -0.0182. The monoisotopic (exact) mass is 444 g/mol. The summed E-state index contributed by atoms with van der Waals surface area (Å²) in [6.07, 6.45) is 1.22. The topological polar surface area (TPSA) is 112 Å². The number of carbonyl (C=O) groups excluding carboxylic acids is 2. The van der Waals surface area contributed by atoms with Crippen molar-refractivity contribution in [3.05, 3.63) is 41.6 Å². The number of nitrogens with one attached hydrogen (secondary N) is 1. The normalized spacial score (nSPS) is 14.1. The Morgan fingerprint density at radius 3 is 2.56 bits per heavy atom. The van der Waals surface area contributed by atoms with Crippen molar-refractivity contribution >= 4 is 17.7 Å². The zero-order chi connectivity index (χ0) is 22.9. The van der Waals surface area contributed by atoms with E-state index in [0.717, 1.165) is 32.8 Å². The fraction of sp³-hybridized carbons (Fsp3) is 0.455. The van der Waals surface area contributed by atoms with Gasteiger partial charge < -0.3 is 24.3 Å². The zero-order valence-corrected chi connectivity index (χ0v) is 18.5. The van der Waals surface area contributed by atoms with Crippen molar-refractivity contribution in [1.82, 2.24) is 14.9 Å². The molecule has 1 N–H and O–H groups in total. The van der Waals surface area contributed by atoms with Crippen molar-refractivity contribution in [1.29, 1.82) is 0 Å². The number of methoxy groups -OCH3 is 1. The van der Waals surface area contributed by atoms with E-state index in [2.05, 4.69) is 24.9 Å². The van der Waals surface area contributed by atoms with Crippen LogP contribution in [0.15, 0.2) is 30.5 Å². The standard InChI is InChI=1S/C22H28N4O6/c1-15(2)32-20-13-17(12-19(25-20)31-11-8-26-6-9-30-10-7-26)21(27)24-18-5-4-16(14-23-18)22(28)29-3/h4-5,12-15H,6-11H2,1-3H3,(H,23,24,27). The Balaban J connectivity index is 1.68. The molecule has 0 atom stereocenters. The molecule has 0 spiro atoms. The molecule has 0 radical (unpaired) electrons. The number of carbonyl (C=O) groups is 2. The second-order valence-corrected chi connectivity index (χ2v) is 7.38. The number of morpholine rings is 1. The van der Waals surface area contributed by atoms with Gasteiger partial charge in [-0.25, -0.2) is 9.78 Å². The summed E-state index contributed by atoms with van der Waals surface area (Å²) in [7, 11) is 1.29. The summed E-state index contributed by atoms with van der Waals surface area (Å²) in [6, 6.07) is 6.16. The second kappa shape index (κ2) is 11.4. The van der Waals surface area contributed by atoms with E-state index in [1.807, 2.05) is 13.8 Å². The van der Waals surface area contributed by atoms with Crippen LogP contribution in [-0.4, -0.2) is 79.4 Å². The first-order valence-corrected chi connectivity index (χ1v) is 10.4. The highest BCUT2D eigenvalue weighted by molar-refractivity contribution is 6.04. The van der Waals surface area contributed by atoms with Crippen LogP contribution in [0.1, 0.15) is 34.6 Å². The molecule has 32 heavy (non-hydrogen) atoms. The van der Waals surface area contributed by atoms with Crippen molar-refractivity contribution in [2.75, 3.05) is 51.9 Å². The van der Waals surface area contributed by atoms with E-state index in [1.54, 1.807) is 12.1 Å². The Morgan fingerprint density at radius 1 is 1.16 bits per heavy atom. The van der Waals surface area contributed by atoms with Crippen LogP contribution < -0.4 is 14.8 Å². The van der Waals surface area contributed by atoms with E-state index in [9.17, 15) is 9.59 Å². The number of esters is 1. The Morgan fingerprint density at radius 2 is 1.91 bits per heavy atom. The third-order valence-corrected chi connectivity index (χ3v) is 4.58. The number of aromatic nitrogens is 2. The molecule has 1 fully saturated rings. The molecule has 10 nitrogen and oxygen atoms in total. The average molecular weight is 444 g/mol. The van der Waals surface area contributed by atoms with Gasteiger partial charge in [-0.05, 0) is 26.0 Å². The fourth-order valence-corrected chi connectivity index (χ4v) is 2.99. The second-order valence-electron chi connectivity index (χ2n) is 7.38. The highest BCUT2D eigenvalue weighted by atomic mass is 16.5. The lowest BCUT2D eigenvalue weighted by atomic mass is 10.2. The maximum absolute atomic E-state index is 12.8. The average Bonchev–Trinajstić information content (AvgIpc) is 2.79. The summed E-state index contributed by atoms with van der Waals surface area (Å²) < 4.78 is 21.5. The first-order valence-electron chi connectivity index (χ1n) is 10.4. The predicted octanol–water partition coefficient (Wildman–Crippen LogP) is 2.01. The summed E-state index contributed by atoms with van der Waals surface area (Å²) in [4.78, 5) is 35.0. The summed E-state index contributed by atoms with van der Waals surface area (Å²) in [5, 5.41) is 2.69. The largest absolute Gasteiger partial charge is 0.476 e. The molecule has 2 aromatic rings. The SMILES string of the molecule is COC(=O)c1ccc(NC(=O)c2cc(OCCN3CCOCC3)nc(OC(C)C)c2)nc1. The number of anilines is 1. The molecule has 3 rings (SSSR count). The lowest BCUT2D eigenvalue weighted by Crippen LogP contribution is -2.38. The van der Waals surface area contributed by atoms with E-state index in [4.69, 9.17) is 14.2 Å². The molecule has 0 unspecified atom stereocenters. The molecule has 172 valence electrons. The van der Waals surface area contributed by atoms with E-state index in [0.29, 0.717) is 29.7 Å². The molecule has 3 heterocycles. The summed E-state index contributed by atoms with van der Waals surface area (Å²) in [5.41, 5.74) is 0.605.